The molecule has 0 atom stereocenters. The smallest absolute Gasteiger partial charge is 0.265 e. The molecule has 0 aliphatic carbocycles. The summed E-state index contributed by atoms with van der Waals surface area (Å²) in [7, 11) is 0. The lowest BCUT2D eigenvalue weighted by Crippen LogP contribution is -2.43. The van der Waals surface area contributed by atoms with Crippen LogP contribution >= 0.6 is 0 Å². The van der Waals surface area contributed by atoms with Gasteiger partial charge in [-0.3, -0.25) is 4.99 Å². The maximum atomic E-state index is 6.17. The van der Waals surface area contributed by atoms with Crippen molar-refractivity contribution in [2.45, 2.75) is 6.92 Å². The van der Waals surface area contributed by atoms with Crippen LogP contribution in [0.2, 0.25) is 0 Å². The van der Waals surface area contributed by atoms with E-state index < -0.39 is 0 Å². The number of hydrogen-bond acceptors (Lipinski definition) is 8. The summed E-state index contributed by atoms with van der Waals surface area (Å²) in [4.78, 5) is 11.3. The Hall–Kier alpha value is -3.78. The third-order valence-electron chi connectivity index (χ3n) is 5.04. The molecular weight excluding hydrogens is 390 g/mol. The number of nitrogens with two attached hydrogens (primary N) is 1. The Kier molecular flexibility index (Phi) is 6.18. The Morgan fingerprint density at radius 1 is 1.16 bits per heavy atom. The fraction of sp³-hybridized carbons (Fsp3) is 0.217. The van der Waals surface area contributed by atoms with Crippen LogP contribution < -0.4 is 16.0 Å². The number of rotatable bonds is 6. The molecule has 0 spiro atoms. The van der Waals surface area contributed by atoms with Gasteiger partial charge in [0.1, 0.15) is 11.5 Å². The van der Waals surface area contributed by atoms with Crippen LogP contribution in [0.3, 0.4) is 0 Å². The topological polar surface area (TPSA) is 105 Å². The van der Waals surface area contributed by atoms with Gasteiger partial charge in [-0.15, -0.1) is 10.2 Å². The lowest BCUT2D eigenvalue weighted by Gasteiger charge is -2.28. The van der Waals surface area contributed by atoms with Crippen LogP contribution in [0.15, 0.2) is 70.3 Å². The van der Waals surface area contributed by atoms with E-state index in [1.54, 1.807) is 13.1 Å². The zero-order valence-electron chi connectivity index (χ0n) is 17.5. The molecule has 3 aromatic rings. The molecule has 1 saturated heterocycles. The molecule has 0 radical (unpaired) electrons. The van der Waals surface area contributed by atoms with E-state index >= 15 is 0 Å². The van der Waals surface area contributed by atoms with E-state index in [0.717, 1.165) is 48.7 Å². The molecule has 158 valence electrons. The molecule has 1 aliphatic heterocycles. The third kappa shape index (κ3) is 4.87. The predicted molar refractivity (Wildman–Crippen MR) is 123 cm³/mol. The molecule has 0 bridgehead atoms. The number of nitrogens with zero attached hydrogens (tertiary/aromatic N) is 5. The highest BCUT2D eigenvalue weighted by Crippen LogP contribution is 2.21. The van der Waals surface area contributed by atoms with Gasteiger partial charge in [-0.25, -0.2) is 4.98 Å². The molecule has 0 saturated carbocycles. The lowest BCUT2D eigenvalue weighted by molar-refractivity contribution is 0.551. The van der Waals surface area contributed by atoms with Gasteiger partial charge < -0.3 is 20.4 Å². The fourth-order valence-electron chi connectivity index (χ4n) is 3.16. The van der Waals surface area contributed by atoms with Crippen LogP contribution in [0.4, 0.5) is 5.82 Å². The number of aliphatic imine (C=N–C) groups is 1. The van der Waals surface area contributed by atoms with Gasteiger partial charge in [0, 0.05) is 49.7 Å². The molecule has 0 unspecified atom stereocenters. The van der Waals surface area contributed by atoms with Crippen molar-refractivity contribution in [3.63, 3.8) is 0 Å². The van der Waals surface area contributed by atoms with E-state index in [4.69, 9.17) is 10.2 Å². The summed E-state index contributed by atoms with van der Waals surface area (Å²) in [5, 5.41) is 11.4. The number of aromatic nitrogens is 3. The maximum absolute atomic E-state index is 6.17. The van der Waals surface area contributed by atoms with Crippen molar-refractivity contribution >= 4 is 23.3 Å². The number of benzene rings is 1. The highest BCUT2D eigenvalue weighted by molar-refractivity contribution is 6.09. The van der Waals surface area contributed by atoms with Crippen molar-refractivity contribution in [2.24, 2.45) is 10.7 Å². The standard InChI is InChI=1S/C23H25N7O/c1-16(19-8-9-20(27-15-19)30-12-10-25-11-13-30)14-26-17(2)21(24)23-29-28-22(31-23)18-6-4-3-5-7-18/h3-9,14-15,25H,1,10-13,24H2,2H3/b21-17-,26-14?. The van der Waals surface area contributed by atoms with E-state index in [1.807, 2.05) is 48.7 Å². The van der Waals surface area contributed by atoms with Crippen LogP contribution in [0.25, 0.3) is 22.7 Å². The zero-order chi connectivity index (χ0) is 21.6. The van der Waals surface area contributed by atoms with Crippen LogP contribution in [-0.4, -0.2) is 47.6 Å². The second-order valence-electron chi connectivity index (χ2n) is 7.20. The van der Waals surface area contributed by atoms with E-state index in [2.05, 4.69) is 37.0 Å². The minimum atomic E-state index is 0.237. The minimum Gasteiger partial charge on any atom is -0.415 e. The highest BCUT2D eigenvalue weighted by atomic mass is 16.4. The van der Waals surface area contributed by atoms with Crippen molar-refractivity contribution in [1.82, 2.24) is 20.5 Å². The van der Waals surface area contributed by atoms with Gasteiger partial charge in [-0.05, 0) is 36.8 Å². The molecule has 31 heavy (non-hydrogen) atoms. The first kappa shape index (κ1) is 20.5. The van der Waals surface area contributed by atoms with Crippen molar-refractivity contribution in [2.75, 3.05) is 31.1 Å². The lowest BCUT2D eigenvalue weighted by atomic mass is 10.1. The Labute approximate surface area is 181 Å². The summed E-state index contributed by atoms with van der Waals surface area (Å²) in [5.74, 6) is 1.62. The number of anilines is 1. The van der Waals surface area contributed by atoms with Crippen molar-refractivity contribution in [3.05, 3.63) is 72.4 Å². The normalized spacial score (nSPS) is 15.2. The Bertz CT molecular complexity index is 1090. The summed E-state index contributed by atoms with van der Waals surface area (Å²) in [5.41, 5.74) is 9.54. The second kappa shape index (κ2) is 9.36. The second-order valence-corrected chi connectivity index (χ2v) is 7.20. The summed E-state index contributed by atoms with van der Waals surface area (Å²) >= 11 is 0. The van der Waals surface area contributed by atoms with Gasteiger partial charge in [-0.2, -0.15) is 0 Å². The van der Waals surface area contributed by atoms with Crippen LogP contribution in [0.5, 0.6) is 0 Å². The molecule has 1 aromatic carbocycles. The molecule has 1 aliphatic rings. The van der Waals surface area contributed by atoms with E-state index in [9.17, 15) is 0 Å². The van der Waals surface area contributed by atoms with Gasteiger partial charge in [0.15, 0.2) is 0 Å². The predicted octanol–water partition coefficient (Wildman–Crippen LogP) is 2.97. The monoisotopic (exact) mass is 415 g/mol. The molecule has 1 fully saturated rings. The first-order valence-electron chi connectivity index (χ1n) is 10.1. The molecule has 3 heterocycles. The Balaban J connectivity index is 1.44. The number of piperazine rings is 1. The Morgan fingerprint density at radius 2 is 1.94 bits per heavy atom. The molecular formula is C23H25N7O. The largest absolute Gasteiger partial charge is 0.415 e. The first-order chi connectivity index (χ1) is 15.1. The van der Waals surface area contributed by atoms with Gasteiger partial charge in [0.05, 0.1) is 5.70 Å². The highest BCUT2D eigenvalue weighted by Gasteiger charge is 2.13. The van der Waals surface area contributed by atoms with Gasteiger partial charge in [0.25, 0.3) is 5.89 Å². The average molecular weight is 416 g/mol. The number of pyridine rings is 1. The van der Waals surface area contributed by atoms with Crippen LogP contribution in [0.1, 0.15) is 18.4 Å². The summed E-state index contributed by atoms with van der Waals surface area (Å²) < 4.78 is 5.69. The number of nitrogens with one attached hydrogen (secondary N) is 1. The molecule has 2 aromatic heterocycles. The zero-order valence-corrected chi connectivity index (χ0v) is 17.5. The third-order valence-corrected chi connectivity index (χ3v) is 5.04. The molecule has 3 N–H and O–H groups in total. The van der Waals surface area contributed by atoms with Gasteiger partial charge >= 0.3 is 0 Å². The summed E-state index contributed by atoms with van der Waals surface area (Å²) in [6.45, 7) is 9.74. The molecule has 8 nitrogen and oxygen atoms in total. The first-order valence-corrected chi connectivity index (χ1v) is 10.1. The fourth-order valence-corrected chi connectivity index (χ4v) is 3.16. The van der Waals surface area contributed by atoms with E-state index in [-0.39, 0.29) is 5.89 Å². The quantitative estimate of drug-likeness (QED) is 0.596. The Morgan fingerprint density at radius 3 is 2.65 bits per heavy atom. The molecule has 4 rings (SSSR count). The number of allylic oxidation sites excluding steroid dienone is 2. The summed E-state index contributed by atoms with van der Waals surface area (Å²) in [6, 6.07) is 13.6. The van der Waals surface area contributed by atoms with Gasteiger partial charge in [0.2, 0.25) is 5.89 Å². The van der Waals surface area contributed by atoms with Gasteiger partial charge in [-0.1, -0.05) is 24.8 Å². The van der Waals surface area contributed by atoms with E-state index in [0.29, 0.717) is 17.3 Å². The van der Waals surface area contributed by atoms with Crippen molar-refractivity contribution < 1.29 is 4.42 Å². The molecule has 8 heteroatoms. The minimum absolute atomic E-state index is 0.237. The number of hydrogen-bond donors (Lipinski definition) is 2. The van der Waals surface area contributed by atoms with Crippen LogP contribution in [-0.2, 0) is 0 Å². The van der Waals surface area contributed by atoms with Crippen molar-refractivity contribution in [3.8, 4) is 11.5 Å². The maximum Gasteiger partial charge on any atom is 0.265 e. The van der Waals surface area contributed by atoms with Crippen LogP contribution in [0, 0.1) is 0 Å². The average Bonchev–Trinajstić information content (AvgIpc) is 3.33. The SMILES string of the molecule is C=C(C=N/C(C)=C(\N)c1nnc(-c2ccccc2)o1)c1ccc(N2CCNCC2)nc1. The van der Waals surface area contributed by atoms with E-state index in [1.165, 1.54) is 0 Å². The van der Waals surface area contributed by atoms with Crippen molar-refractivity contribution in [1.29, 1.82) is 0 Å². The summed E-state index contributed by atoms with van der Waals surface area (Å²) in [6.07, 6.45) is 3.48. The molecule has 0 amide bonds.